The van der Waals surface area contributed by atoms with Crippen LogP contribution in [-0.2, 0) is 14.3 Å². The van der Waals surface area contributed by atoms with Crippen molar-refractivity contribution >= 4 is 41.3 Å². The number of esters is 1. The zero-order chi connectivity index (χ0) is 24.0. The second-order valence-electron chi connectivity index (χ2n) is 11.1. The summed E-state index contributed by atoms with van der Waals surface area (Å²) in [5.74, 6) is 2.25. The predicted molar refractivity (Wildman–Crippen MR) is 139 cm³/mol. The lowest BCUT2D eigenvalue weighted by molar-refractivity contribution is -0.148. The minimum atomic E-state index is -0.326. The van der Waals surface area contributed by atoms with Gasteiger partial charge in [-0.25, -0.2) is 9.59 Å². The van der Waals surface area contributed by atoms with Crippen LogP contribution in [0.4, 0.5) is 4.79 Å². The molecular weight excluding hydrogens is 482 g/mol. The molecule has 1 spiro atoms. The van der Waals surface area contributed by atoms with Gasteiger partial charge in [-0.1, -0.05) is 12.8 Å². The molecule has 5 heterocycles. The van der Waals surface area contributed by atoms with Crippen molar-refractivity contribution in [2.24, 2.45) is 0 Å². The Labute approximate surface area is 216 Å². The van der Waals surface area contributed by atoms with E-state index in [1.54, 1.807) is 6.08 Å². The van der Waals surface area contributed by atoms with Crippen LogP contribution >= 0.6 is 23.5 Å². The number of carbonyl (C=O) groups excluding carboxylic acids is 3. The van der Waals surface area contributed by atoms with Crippen molar-refractivity contribution in [1.82, 2.24) is 15.5 Å². The number of thioether (sulfide) groups is 2. The molecule has 35 heavy (non-hydrogen) atoms. The van der Waals surface area contributed by atoms with Crippen LogP contribution in [0, 0.1) is 0 Å². The number of hydrogen-bond acceptors (Lipinski definition) is 7. The first-order chi connectivity index (χ1) is 17.0. The van der Waals surface area contributed by atoms with Crippen molar-refractivity contribution < 1.29 is 19.1 Å². The molecule has 0 aromatic carbocycles. The number of Topliss-reactive ketones (excluding diaryl/α,β-unsaturated/α-hetero) is 1. The number of piperidine rings is 1. The summed E-state index contributed by atoms with van der Waals surface area (Å²) in [5.41, 5.74) is 0.911. The van der Waals surface area contributed by atoms with Gasteiger partial charge >= 0.3 is 12.0 Å². The van der Waals surface area contributed by atoms with E-state index in [4.69, 9.17) is 4.74 Å². The molecule has 0 aromatic heterocycles. The van der Waals surface area contributed by atoms with Crippen molar-refractivity contribution in [3.63, 3.8) is 0 Å². The van der Waals surface area contributed by atoms with E-state index in [2.05, 4.69) is 15.5 Å². The predicted octanol–water partition coefficient (Wildman–Crippen LogP) is 3.42. The Hall–Kier alpha value is -1.19. The molecule has 6 aliphatic rings. The van der Waals surface area contributed by atoms with Crippen LogP contribution in [0.15, 0.2) is 11.6 Å². The summed E-state index contributed by atoms with van der Waals surface area (Å²) in [4.78, 5) is 38.8. The SMILES string of the molecule is O=C(CCCCC1SCC2NC(=O)NC21)CCCSC1CC2=CC(=O)O[C@@]23C[C@@H]1N1CCCC[C@@H]13. The van der Waals surface area contributed by atoms with Crippen molar-refractivity contribution in [3.8, 4) is 0 Å². The second-order valence-corrected chi connectivity index (χ2v) is 13.7. The molecule has 6 rings (SSSR count). The van der Waals surface area contributed by atoms with Crippen LogP contribution in [0.25, 0.3) is 0 Å². The molecule has 2 N–H and O–H groups in total. The molecule has 4 unspecified atom stereocenters. The Bertz CT molecular complexity index is 913. The topological polar surface area (TPSA) is 87.7 Å². The van der Waals surface area contributed by atoms with E-state index < -0.39 is 0 Å². The zero-order valence-electron chi connectivity index (χ0n) is 20.3. The van der Waals surface area contributed by atoms with Crippen LogP contribution < -0.4 is 10.6 Å². The molecule has 2 bridgehead atoms. The Morgan fingerprint density at radius 2 is 2.09 bits per heavy atom. The van der Waals surface area contributed by atoms with E-state index in [9.17, 15) is 14.4 Å². The third-order valence-electron chi connectivity index (χ3n) is 9.05. The molecule has 5 fully saturated rings. The lowest BCUT2D eigenvalue weighted by Crippen LogP contribution is -2.48. The lowest BCUT2D eigenvalue weighted by Gasteiger charge is -2.38. The smallest absolute Gasteiger partial charge is 0.331 e. The lowest BCUT2D eigenvalue weighted by atomic mass is 9.77. The third-order valence-corrected chi connectivity index (χ3v) is 12.0. The number of ketones is 1. The Balaban J connectivity index is 0.910. The molecule has 7 nitrogen and oxygen atoms in total. The maximum absolute atomic E-state index is 12.5. The van der Waals surface area contributed by atoms with Crippen LogP contribution in [0.2, 0.25) is 0 Å². The van der Waals surface area contributed by atoms with Crippen LogP contribution in [0.5, 0.6) is 0 Å². The minimum Gasteiger partial charge on any atom is -0.450 e. The van der Waals surface area contributed by atoms with Crippen LogP contribution in [0.3, 0.4) is 0 Å². The van der Waals surface area contributed by atoms with Gasteiger partial charge in [0.25, 0.3) is 0 Å². The van der Waals surface area contributed by atoms with E-state index in [1.807, 2.05) is 23.5 Å². The molecule has 2 amide bonds. The van der Waals surface area contributed by atoms with Gasteiger partial charge in [0.1, 0.15) is 5.78 Å². The normalized spacial score (nSPS) is 39.4. The number of unbranched alkanes of at least 4 members (excludes halogenated alkanes) is 1. The average molecular weight is 520 g/mol. The van der Waals surface area contributed by atoms with Crippen molar-refractivity contribution in [3.05, 3.63) is 11.6 Å². The largest absolute Gasteiger partial charge is 0.450 e. The number of rotatable bonds is 10. The Morgan fingerprint density at radius 3 is 3.00 bits per heavy atom. The molecule has 9 heteroatoms. The van der Waals surface area contributed by atoms with Crippen molar-refractivity contribution in [1.29, 1.82) is 0 Å². The maximum Gasteiger partial charge on any atom is 0.331 e. The van der Waals surface area contributed by atoms with E-state index in [1.165, 1.54) is 18.4 Å². The first-order valence-electron chi connectivity index (χ1n) is 13.6. The summed E-state index contributed by atoms with van der Waals surface area (Å²) >= 11 is 3.95. The van der Waals surface area contributed by atoms with Gasteiger partial charge in [0.05, 0.1) is 18.1 Å². The van der Waals surface area contributed by atoms with E-state index in [0.717, 1.165) is 63.0 Å². The van der Waals surface area contributed by atoms with Crippen molar-refractivity contribution in [2.45, 2.75) is 111 Å². The molecule has 4 saturated heterocycles. The maximum atomic E-state index is 12.5. The summed E-state index contributed by atoms with van der Waals surface area (Å²) in [6.07, 6.45) is 12.7. The average Bonchev–Trinajstić information content (AvgIpc) is 3.56. The first kappa shape index (κ1) is 24.2. The molecule has 0 radical (unpaired) electrons. The highest BCUT2D eigenvalue weighted by Gasteiger charge is 2.63. The number of urea groups is 1. The number of fused-ring (bicyclic) bond motifs is 4. The number of ether oxygens (including phenoxy) is 1. The van der Waals surface area contributed by atoms with Gasteiger partial charge in [-0.3, -0.25) is 9.69 Å². The number of hydrogen-bond donors (Lipinski definition) is 2. The number of nitrogens with one attached hydrogen (secondary N) is 2. The number of carbonyl (C=O) groups is 3. The van der Waals surface area contributed by atoms with Crippen LogP contribution in [-0.4, -0.2) is 81.0 Å². The fraction of sp³-hybridized carbons (Fsp3) is 0.808. The Kier molecular flexibility index (Phi) is 6.86. The van der Waals surface area contributed by atoms with Gasteiger partial charge in [0, 0.05) is 47.6 Å². The van der Waals surface area contributed by atoms with Gasteiger partial charge in [-0.2, -0.15) is 23.5 Å². The standard InChI is InChI=1S/C26H37N3O4S2/c30-17(6-1-2-8-20-24-18(15-35-20)27-25(32)28-24)7-5-11-34-21-12-16-13-23(31)33-26(16)14-19(21)29-10-4-3-9-22(26)29/h13,18-22,24H,1-12,14-15H2,(H2,27,28,32)/t18?,19-,20?,21?,22+,24?,26-/m0/s1. The highest BCUT2D eigenvalue weighted by Crippen LogP contribution is 2.56. The van der Waals surface area contributed by atoms with Gasteiger partial charge in [-0.05, 0) is 56.4 Å². The van der Waals surface area contributed by atoms with E-state index in [0.29, 0.717) is 41.2 Å². The second kappa shape index (κ2) is 9.93. The summed E-state index contributed by atoms with van der Waals surface area (Å²) < 4.78 is 5.97. The number of amides is 2. The molecule has 1 aliphatic carbocycles. The fourth-order valence-electron chi connectivity index (χ4n) is 7.45. The monoisotopic (exact) mass is 519 g/mol. The highest BCUT2D eigenvalue weighted by molar-refractivity contribution is 8.00. The zero-order valence-corrected chi connectivity index (χ0v) is 22.0. The molecule has 192 valence electrons. The summed E-state index contributed by atoms with van der Waals surface area (Å²) in [6, 6.07) is 1.38. The fourth-order valence-corrected chi connectivity index (χ4v) is 10.4. The first-order valence-corrected chi connectivity index (χ1v) is 15.6. The van der Waals surface area contributed by atoms with Gasteiger partial charge in [0.2, 0.25) is 0 Å². The third kappa shape index (κ3) is 4.54. The number of nitrogens with zero attached hydrogens (tertiary/aromatic N) is 1. The van der Waals surface area contributed by atoms with E-state index in [-0.39, 0.29) is 29.7 Å². The van der Waals surface area contributed by atoms with Gasteiger partial charge in [-0.15, -0.1) is 0 Å². The van der Waals surface area contributed by atoms with Crippen molar-refractivity contribution in [2.75, 3.05) is 18.1 Å². The molecule has 7 atom stereocenters. The Morgan fingerprint density at radius 1 is 1.20 bits per heavy atom. The highest BCUT2D eigenvalue weighted by atomic mass is 32.2. The summed E-state index contributed by atoms with van der Waals surface area (Å²) in [7, 11) is 0. The quantitative estimate of drug-likeness (QED) is 0.260. The molecular formula is C26H37N3O4S2. The summed E-state index contributed by atoms with van der Waals surface area (Å²) in [5, 5.41) is 7.01. The van der Waals surface area contributed by atoms with Gasteiger partial charge in [0.15, 0.2) is 5.60 Å². The minimum absolute atomic E-state index is 0.0311. The van der Waals surface area contributed by atoms with Gasteiger partial charge < -0.3 is 15.4 Å². The van der Waals surface area contributed by atoms with Crippen LogP contribution in [0.1, 0.15) is 70.6 Å². The molecule has 5 aliphatic heterocycles. The van der Waals surface area contributed by atoms with E-state index >= 15 is 0 Å². The molecule has 0 aromatic rings. The summed E-state index contributed by atoms with van der Waals surface area (Å²) in [6.45, 7) is 1.13. The molecule has 1 saturated carbocycles.